The van der Waals surface area contributed by atoms with Gasteiger partial charge in [-0.15, -0.1) is 0 Å². The van der Waals surface area contributed by atoms with Crippen LogP contribution in [0.1, 0.15) is 64.9 Å². The molecule has 6 amide bonds. The van der Waals surface area contributed by atoms with E-state index in [4.69, 9.17) is 0 Å². The zero-order valence-corrected chi connectivity index (χ0v) is 29.0. The van der Waals surface area contributed by atoms with Crippen molar-refractivity contribution >= 4 is 52.3 Å². The number of carbonyl (C=O) groups excluding carboxylic acids is 6. The number of H-pyrrole nitrogens is 1. The van der Waals surface area contributed by atoms with Crippen LogP contribution in [0.2, 0.25) is 0 Å². The van der Waals surface area contributed by atoms with Crippen LogP contribution in [0.25, 0.3) is 10.9 Å². The number of amides is 6. The van der Waals surface area contributed by atoms with Gasteiger partial charge in [0.25, 0.3) is 0 Å². The Morgan fingerprint density at radius 3 is 2.06 bits per heavy atom. The van der Waals surface area contributed by atoms with Crippen molar-refractivity contribution in [2.75, 3.05) is 13.1 Å². The van der Waals surface area contributed by atoms with Gasteiger partial charge in [0.2, 0.25) is 35.4 Å². The molecule has 3 fully saturated rings. The molecule has 276 valence electrons. The third-order valence-corrected chi connectivity index (χ3v) is 9.96. The van der Waals surface area contributed by atoms with Gasteiger partial charge in [-0.25, -0.2) is 0 Å². The van der Waals surface area contributed by atoms with E-state index in [2.05, 4.69) is 26.3 Å². The Bertz CT molecular complexity index is 1670. The number of fused-ring (bicyclic) bond motifs is 3. The molecular formula is C35H47N7O9. The van der Waals surface area contributed by atoms with Crippen LogP contribution in [-0.2, 0) is 40.0 Å². The lowest BCUT2D eigenvalue weighted by Gasteiger charge is -2.34. The number of aliphatic hydroxyl groups excluding tert-OH is 1. The normalized spacial score (nSPS) is 27.6. The molecule has 5 rings (SSSR count). The molecule has 16 nitrogen and oxygen atoms in total. The molecule has 0 aliphatic carbocycles. The zero-order valence-electron chi connectivity index (χ0n) is 29.0. The first kappa shape index (κ1) is 37.3. The molecule has 1 aromatic carbocycles. The maximum atomic E-state index is 14.5. The highest BCUT2D eigenvalue weighted by atomic mass is 16.4. The van der Waals surface area contributed by atoms with E-state index in [9.17, 15) is 43.8 Å². The van der Waals surface area contributed by atoms with Crippen molar-refractivity contribution in [1.82, 2.24) is 36.1 Å². The summed E-state index contributed by atoms with van der Waals surface area (Å²) >= 11 is 0. The first-order chi connectivity index (χ1) is 24.3. The first-order valence-corrected chi connectivity index (χ1v) is 17.5. The number of rotatable bonds is 7. The van der Waals surface area contributed by atoms with Gasteiger partial charge in [-0.05, 0) is 56.6 Å². The Hall–Kier alpha value is -4.99. The standard InChI is InChI=1S/C35H47N7O9/c1-18(2)28-32(48)38-24(16-20-17-36-22-9-5-4-8-21(20)22)34(50)42-15-7-11-26(42)35(51)41-14-6-10-25(41)31(47)37-23(12-13-27(44)45)30(46)40-29(19(3)43)33(49)39-28/h4-5,8-9,17-19,23-26,28-29,36,43H,6-7,10-16H2,1-3H3,(H,37,47)(H,38,48)(H,39,49)(H,40,46)(H,44,45). The molecule has 7 N–H and O–H groups in total. The van der Waals surface area contributed by atoms with Gasteiger partial charge in [0.1, 0.15) is 36.3 Å². The minimum absolute atomic E-state index is 0.0730. The molecule has 0 bridgehead atoms. The molecule has 51 heavy (non-hydrogen) atoms. The summed E-state index contributed by atoms with van der Waals surface area (Å²) in [4.78, 5) is 101. The predicted molar refractivity (Wildman–Crippen MR) is 183 cm³/mol. The minimum atomic E-state index is -1.59. The van der Waals surface area contributed by atoms with Gasteiger partial charge in [0, 0.05) is 43.0 Å². The van der Waals surface area contributed by atoms with E-state index in [0.29, 0.717) is 19.3 Å². The summed E-state index contributed by atoms with van der Waals surface area (Å²) in [6.07, 6.45) is 1.17. The highest BCUT2D eigenvalue weighted by molar-refractivity contribution is 5.99. The summed E-state index contributed by atoms with van der Waals surface area (Å²) in [5, 5.41) is 31.2. The number of aromatic nitrogens is 1. The van der Waals surface area contributed by atoms with Gasteiger partial charge in [-0.2, -0.15) is 0 Å². The van der Waals surface area contributed by atoms with Crippen LogP contribution < -0.4 is 21.3 Å². The molecule has 2 aromatic rings. The van der Waals surface area contributed by atoms with E-state index in [0.717, 1.165) is 16.5 Å². The average molecular weight is 710 g/mol. The van der Waals surface area contributed by atoms with E-state index >= 15 is 0 Å². The van der Waals surface area contributed by atoms with Crippen LogP contribution in [0.5, 0.6) is 0 Å². The summed E-state index contributed by atoms with van der Waals surface area (Å²) in [7, 11) is 0. The SMILES string of the molecule is CC(C)C1NC(=O)C(C(C)O)NC(=O)C(CCC(=O)O)NC(=O)C2CCCN2C(=O)C2CCCN2C(=O)C(Cc2c[nH]c3ccccc23)NC1=O. The fourth-order valence-corrected chi connectivity index (χ4v) is 7.21. The first-order valence-electron chi connectivity index (χ1n) is 17.5. The molecule has 7 atom stereocenters. The largest absolute Gasteiger partial charge is 0.481 e. The number of benzene rings is 1. The summed E-state index contributed by atoms with van der Waals surface area (Å²) in [6.45, 7) is 5.11. The van der Waals surface area contributed by atoms with Crippen molar-refractivity contribution in [3.63, 3.8) is 0 Å². The summed E-state index contributed by atoms with van der Waals surface area (Å²) in [5.41, 5.74) is 1.59. The van der Waals surface area contributed by atoms with Crippen LogP contribution >= 0.6 is 0 Å². The lowest BCUT2D eigenvalue weighted by molar-refractivity contribution is -0.148. The lowest BCUT2D eigenvalue weighted by Crippen LogP contribution is -2.63. The van der Waals surface area contributed by atoms with Crippen molar-refractivity contribution in [1.29, 1.82) is 0 Å². The molecular weight excluding hydrogens is 662 g/mol. The fourth-order valence-electron chi connectivity index (χ4n) is 7.21. The number of nitrogens with zero attached hydrogens (tertiary/aromatic N) is 2. The smallest absolute Gasteiger partial charge is 0.303 e. The number of nitrogens with one attached hydrogen (secondary N) is 5. The third-order valence-electron chi connectivity index (χ3n) is 9.96. The Labute approximate surface area is 295 Å². The van der Waals surface area contributed by atoms with E-state index in [1.807, 2.05) is 24.3 Å². The third kappa shape index (κ3) is 8.32. The Morgan fingerprint density at radius 2 is 1.39 bits per heavy atom. The second kappa shape index (κ2) is 15.9. The van der Waals surface area contributed by atoms with Gasteiger partial charge in [-0.3, -0.25) is 33.6 Å². The number of aromatic amines is 1. The number of aliphatic hydroxyl groups is 1. The molecule has 0 radical (unpaired) electrons. The molecule has 3 aliphatic heterocycles. The lowest BCUT2D eigenvalue weighted by atomic mass is 9.99. The molecule has 0 saturated carbocycles. The summed E-state index contributed by atoms with van der Waals surface area (Å²) < 4.78 is 0. The van der Waals surface area contributed by atoms with Gasteiger partial charge in [0.05, 0.1) is 6.10 Å². The van der Waals surface area contributed by atoms with Crippen molar-refractivity contribution in [2.45, 2.75) is 108 Å². The second-order valence-corrected chi connectivity index (χ2v) is 14.0. The zero-order chi connectivity index (χ0) is 37.0. The Balaban J connectivity index is 1.54. The van der Waals surface area contributed by atoms with E-state index < -0.39 is 96.1 Å². The van der Waals surface area contributed by atoms with Gasteiger partial charge in [-0.1, -0.05) is 32.0 Å². The predicted octanol–water partition coefficient (Wildman–Crippen LogP) is -0.453. The minimum Gasteiger partial charge on any atom is -0.481 e. The number of hydrogen-bond acceptors (Lipinski definition) is 8. The average Bonchev–Trinajstić information content (AvgIpc) is 3.86. The monoisotopic (exact) mass is 709 g/mol. The molecule has 16 heteroatoms. The molecule has 1 aromatic heterocycles. The van der Waals surface area contributed by atoms with Crippen molar-refractivity contribution < 1.29 is 43.8 Å². The number of aliphatic carboxylic acids is 1. The van der Waals surface area contributed by atoms with Crippen molar-refractivity contribution in [2.24, 2.45) is 5.92 Å². The van der Waals surface area contributed by atoms with Gasteiger partial charge in [0.15, 0.2) is 0 Å². The van der Waals surface area contributed by atoms with Crippen molar-refractivity contribution in [3.05, 3.63) is 36.0 Å². The number of carboxylic acid groups (broad SMARTS) is 1. The number of carboxylic acids is 1. The number of para-hydroxylation sites is 1. The molecule has 3 aliphatic rings. The maximum absolute atomic E-state index is 14.5. The summed E-state index contributed by atoms with van der Waals surface area (Å²) in [6, 6.07) is 0.264. The van der Waals surface area contributed by atoms with E-state index in [1.54, 1.807) is 20.0 Å². The highest BCUT2D eigenvalue weighted by Crippen LogP contribution is 2.27. The second-order valence-electron chi connectivity index (χ2n) is 14.0. The fraction of sp³-hybridized carbons (Fsp3) is 0.571. The van der Waals surface area contributed by atoms with Crippen LogP contribution in [0, 0.1) is 5.92 Å². The quantitative estimate of drug-likeness (QED) is 0.197. The van der Waals surface area contributed by atoms with E-state index in [-0.39, 0.29) is 32.4 Å². The summed E-state index contributed by atoms with van der Waals surface area (Å²) in [5.74, 6) is -5.81. The molecule has 3 saturated heterocycles. The molecule has 0 spiro atoms. The van der Waals surface area contributed by atoms with Crippen LogP contribution in [0.4, 0.5) is 0 Å². The Morgan fingerprint density at radius 1 is 0.784 bits per heavy atom. The highest BCUT2D eigenvalue weighted by Gasteiger charge is 2.45. The van der Waals surface area contributed by atoms with Crippen LogP contribution in [0.15, 0.2) is 30.5 Å². The molecule has 4 heterocycles. The van der Waals surface area contributed by atoms with Gasteiger partial charge < -0.3 is 46.3 Å². The molecule has 7 unspecified atom stereocenters. The van der Waals surface area contributed by atoms with E-state index in [1.165, 1.54) is 16.7 Å². The number of hydrogen-bond donors (Lipinski definition) is 7. The number of carbonyl (C=O) groups is 7. The van der Waals surface area contributed by atoms with Crippen molar-refractivity contribution in [3.8, 4) is 0 Å². The maximum Gasteiger partial charge on any atom is 0.303 e. The topological polar surface area (TPSA) is 230 Å². The van der Waals surface area contributed by atoms with Crippen LogP contribution in [0.3, 0.4) is 0 Å². The van der Waals surface area contributed by atoms with Crippen LogP contribution in [-0.4, -0.2) is 122 Å². The van der Waals surface area contributed by atoms with Gasteiger partial charge >= 0.3 is 5.97 Å². The Kier molecular flexibility index (Phi) is 11.6.